The quantitative estimate of drug-likeness (QED) is 0.101. The zero-order chi connectivity index (χ0) is 32.8. The van der Waals surface area contributed by atoms with Crippen LogP contribution in [0.1, 0.15) is 6.23 Å². The Morgan fingerprint density at radius 1 is 0.744 bits per heavy atom. The van der Waals surface area contributed by atoms with Gasteiger partial charge in [-0.05, 0) is 0 Å². The van der Waals surface area contributed by atoms with E-state index >= 15 is 0 Å². The summed E-state index contributed by atoms with van der Waals surface area (Å²) in [5.74, 6) is -0.254. The summed E-state index contributed by atoms with van der Waals surface area (Å²) in [5, 5.41) is 0. The highest BCUT2D eigenvalue weighted by molar-refractivity contribution is 7.66. The van der Waals surface area contributed by atoms with E-state index in [1.165, 1.54) is 0 Å². The van der Waals surface area contributed by atoms with Crippen LogP contribution in [-0.4, -0.2) is 88.5 Å². The molecule has 0 aromatic carbocycles. The number of ether oxygens (including phenoxy) is 1. The van der Waals surface area contributed by atoms with Crippen LogP contribution in [0.5, 0.6) is 0 Å². The van der Waals surface area contributed by atoms with Gasteiger partial charge in [0.2, 0.25) is 0 Å². The lowest BCUT2D eigenvalue weighted by atomic mass is 10.1. The van der Waals surface area contributed by atoms with Gasteiger partial charge in [-0.3, -0.25) is 18.1 Å². The first-order chi connectivity index (χ1) is 19.3. The molecule has 1 aliphatic rings. The molecule has 0 aliphatic carbocycles. The molecule has 0 bridgehead atoms. The first-order valence-electron chi connectivity index (χ1n) is 10.2. The Morgan fingerprint density at radius 3 is 1.84 bits per heavy atom. The fourth-order valence-electron chi connectivity index (χ4n) is 3.29. The van der Waals surface area contributed by atoms with Gasteiger partial charge in [0.15, 0.2) is 17.7 Å². The number of nitrogens with two attached hydrogens (primary N) is 1. The maximum atomic E-state index is 12.7. The van der Waals surface area contributed by atoms with Crippen LogP contribution >= 0.6 is 46.9 Å². The molecule has 3 unspecified atom stereocenters. The van der Waals surface area contributed by atoms with Gasteiger partial charge in [0, 0.05) is 0 Å². The zero-order valence-electron chi connectivity index (χ0n) is 20.1. The van der Waals surface area contributed by atoms with Crippen molar-refractivity contribution in [1.82, 2.24) is 19.5 Å². The van der Waals surface area contributed by atoms with Crippen molar-refractivity contribution in [3.05, 3.63) is 12.7 Å². The summed E-state index contributed by atoms with van der Waals surface area (Å²) in [6.07, 6.45) is -7.50. The number of phosphoric ester groups is 3. The number of nitrogens with zero attached hydrogens (tertiary/aromatic N) is 4. The molecule has 33 heteroatoms. The fourth-order valence-corrected chi connectivity index (χ4v) is 8.62. The number of nitrogen functional groups attached to an aromatic ring is 1. The summed E-state index contributed by atoms with van der Waals surface area (Å²) in [5.41, 5.74) is 5.23. The van der Waals surface area contributed by atoms with E-state index in [1.54, 1.807) is 0 Å². The second kappa shape index (κ2) is 12.7. The van der Waals surface area contributed by atoms with E-state index in [1.807, 2.05) is 0 Å². The largest absolute Gasteiger partial charge is 0.490 e. The van der Waals surface area contributed by atoms with Gasteiger partial charge in [-0.15, -0.1) is 0 Å². The highest BCUT2D eigenvalue weighted by Crippen LogP contribution is 2.68. The predicted octanol–water partition coefficient (Wildman–Crippen LogP) is -1.28. The number of hydrogen-bond acceptors (Lipinski definition) is 17. The molecular formula is C10H19N5O22P6. The van der Waals surface area contributed by atoms with Crippen LogP contribution in [-0.2, 0) is 58.6 Å². The first-order valence-corrected chi connectivity index (χ1v) is 19.2. The molecule has 7 atom stereocenters. The van der Waals surface area contributed by atoms with Crippen molar-refractivity contribution < 1.29 is 103 Å². The van der Waals surface area contributed by atoms with Gasteiger partial charge in [0.05, 0.1) is 12.9 Å². The molecule has 1 fully saturated rings. The van der Waals surface area contributed by atoms with Crippen molar-refractivity contribution in [3.63, 3.8) is 0 Å². The highest BCUT2D eigenvalue weighted by Gasteiger charge is 2.55. The zero-order valence-corrected chi connectivity index (χ0v) is 25.4. The maximum absolute atomic E-state index is 12.7. The third-order valence-electron chi connectivity index (χ3n) is 4.49. The van der Waals surface area contributed by atoms with Crippen molar-refractivity contribution in [1.29, 1.82) is 0 Å². The Bertz CT molecular complexity index is 1630. The molecule has 27 nitrogen and oxygen atoms in total. The minimum Gasteiger partial charge on any atom is -0.382 e. The lowest BCUT2D eigenvalue weighted by Crippen LogP contribution is -2.37. The SMILES string of the molecule is Nc1ncnc2c1ncn2[C@@H]1O[C@H](COP(=O)(O)O)[C@@H](OP(=O)(O)OP(=O)(O)O)[C@H]1OP(=O)(O)OP(=O)(O)OP(=O)(O)O. The molecule has 1 aliphatic heterocycles. The Kier molecular flexibility index (Phi) is 10.8. The summed E-state index contributed by atoms with van der Waals surface area (Å²) in [4.78, 5) is 94.4. The highest BCUT2D eigenvalue weighted by atomic mass is 31.3. The maximum Gasteiger partial charge on any atom is 0.490 e. The molecule has 3 rings (SSSR count). The topological polar surface area (TPSA) is 419 Å². The van der Waals surface area contributed by atoms with Gasteiger partial charge in [-0.25, -0.2) is 42.3 Å². The number of fused-ring (bicyclic) bond motifs is 1. The average Bonchev–Trinajstić information content (AvgIpc) is 3.29. The molecule has 0 radical (unpaired) electrons. The van der Waals surface area contributed by atoms with E-state index in [-0.39, 0.29) is 17.0 Å². The van der Waals surface area contributed by atoms with Crippen LogP contribution < -0.4 is 5.73 Å². The third kappa shape index (κ3) is 10.8. The van der Waals surface area contributed by atoms with Gasteiger partial charge in [-0.1, -0.05) is 0 Å². The fraction of sp³-hybridized carbons (Fsp3) is 0.500. The van der Waals surface area contributed by atoms with Crippen molar-refractivity contribution in [2.45, 2.75) is 24.5 Å². The summed E-state index contributed by atoms with van der Waals surface area (Å²) >= 11 is 0. The molecule has 0 saturated carbocycles. The Morgan fingerprint density at radius 2 is 1.28 bits per heavy atom. The van der Waals surface area contributed by atoms with Gasteiger partial charge >= 0.3 is 46.9 Å². The van der Waals surface area contributed by atoms with Crippen LogP contribution in [0.2, 0.25) is 0 Å². The molecular weight excluding hydrogens is 728 g/mol. The molecule has 0 spiro atoms. The van der Waals surface area contributed by atoms with Gasteiger partial charge < -0.3 is 54.5 Å². The summed E-state index contributed by atoms with van der Waals surface area (Å²) in [6, 6.07) is 0. The van der Waals surface area contributed by atoms with Crippen molar-refractivity contribution in [2.24, 2.45) is 0 Å². The van der Waals surface area contributed by atoms with Crippen LogP contribution in [0.25, 0.3) is 11.2 Å². The lowest BCUT2D eigenvalue weighted by Gasteiger charge is -2.27. The van der Waals surface area contributed by atoms with E-state index in [0.29, 0.717) is 0 Å². The average molecular weight is 747 g/mol. The van der Waals surface area contributed by atoms with Crippen LogP contribution in [0, 0.1) is 0 Å². The van der Waals surface area contributed by atoms with Crippen molar-refractivity contribution in [2.75, 3.05) is 12.3 Å². The number of phosphoric acid groups is 6. The van der Waals surface area contributed by atoms with Gasteiger partial charge in [0.1, 0.15) is 30.2 Å². The number of hydrogen-bond donors (Lipinski definition) is 10. The molecule has 2 aromatic rings. The molecule has 246 valence electrons. The molecule has 0 amide bonds. The van der Waals surface area contributed by atoms with Crippen LogP contribution in [0.3, 0.4) is 0 Å². The summed E-state index contributed by atoms with van der Waals surface area (Å²) < 4.78 is 101. The smallest absolute Gasteiger partial charge is 0.382 e. The minimum absolute atomic E-state index is 0.173. The molecule has 11 N–H and O–H groups in total. The van der Waals surface area contributed by atoms with Gasteiger partial charge in [0.25, 0.3) is 0 Å². The standard InChI is InChI=1S/C10H19N5O22P6/c11-8-5-9(13-2-12-8)15(3-14-5)10-7(34-42(27,28)37-43(29,30)36-40(22,23)24)6(4(32-10)1-31-38(16,17)18)33-41(25,26)35-39(19,20)21/h2-4,6-7,10H,1H2,(H,25,26)(H,27,28)(H,29,30)(H2,11,12,13)(H2,16,17,18)(H2,19,20,21)(H2,22,23,24)/t4-,6-,7-,10-/m1/s1. The number of aromatic nitrogens is 4. The van der Waals surface area contributed by atoms with Crippen LogP contribution in [0.4, 0.5) is 5.82 Å². The van der Waals surface area contributed by atoms with E-state index in [0.717, 1.165) is 17.2 Å². The molecule has 43 heavy (non-hydrogen) atoms. The Balaban J connectivity index is 2.13. The van der Waals surface area contributed by atoms with Crippen molar-refractivity contribution in [3.8, 4) is 0 Å². The molecule has 3 heterocycles. The second-order valence-electron chi connectivity index (χ2n) is 7.71. The molecule has 2 aromatic heterocycles. The molecule has 1 saturated heterocycles. The van der Waals surface area contributed by atoms with E-state index in [2.05, 4.69) is 36.9 Å². The second-order valence-corrected chi connectivity index (χ2v) is 16.1. The Hall–Kier alpha value is -0.910. The monoisotopic (exact) mass is 747 g/mol. The Labute approximate surface area is 236 Å². The van der Waals surface area contributed by atoms with E-state index < -0.39 is 78.1 Å². The minimum atomic E-state index is -6.17. The van der Waals surface area contributed by atoms with Gasteiger partial charge in [-0.2, -0.15) is 12.9 Å². The lowest BCUT2D eigenvalue weighted by molar-refractivity contribution is -0.0495. The summed E-state index contributed by atoms with van der Waals surface area (Å²) in [6.45, 7) is -1.33. The normalized spacial score (nSPS) is 26.2. The third-order valence-corrected chi connectivity index (χ3v) is 11.0. The predicted molar refractivity (Wildman–Crippen MR) is 128 cm³/mol. The van der Waals surface area contributed by atoms with E-state index in [9.17, 15) is 42.1 Å². The van der Waals surface area contributed by atoms with Crippen LogP contribution in [0.15, 0.2) is 12.7 Å². The number of rotatable bonds is 14. The summed E-state index contributed by atoms with van der Waals surface area (Å²) in [7, 11) is -35.4. The number of anilines is 1. The number of imidazole rings is 1. The van der Waals surface area contributed by atoms with Crippen molar-refractivity contribution >= 4 is 63.9 Å². The van der Waals surface area contributed by atoms with E-state index in [4.69, 9.17) is 44.4 Å². The first kappa shape index (κ1) is 36.6.